The van der Waals surface area contributed by atoms with Gasteiger partial charge in [-0.25, -0.2) is 0 Å². The average molecular weight is 335 g/mol. The highest BCUT2D eigenvalue weighted by atomic mass is 16.7. The molecule has 2 rings (SSSR count). The molecule has 0 atom stereocenters. The molecule has 1 saturated heterocycles. The predicted octanol–water partition coefficient (Wildman–Crippen LogP) is 0.214. The fourth-order valence-corrected chi connectivity index (χ4v) is 2.16. The lowest BCUT2D eigenvalue weighted by Crippen LogP contribution is -2.41. The molecule has 0 saturated carbocycles. The standard InChI is InChI=1S/C15H22BN3O5/c1-9(20)17-8-11(6-10-7-12(21)18-19-13(10)22)16-23-14(2,3)15(4,5)24-16/h6-7H,8H2,1-5H3,(H,17,20)(H,18,21)(H,19,22). The van der Waals surface area contributed by atoms with E-state index in [2.05, 4.69) is 15.5 Å². The van der Waals surface area contributed by atoms with Gasteiger partial charge in [0.15, 0.2) is 0 Å². The van der Waals surface area contributed by atoms with Gasteiger partial charge in [-0.3, -0.25) is 24.6 Å². The number of amides is 1. The van der Waals surface area contributed by atoms with Crippen molar-refractivity contribution in [3.05, 3.63) is 37.8 Å². The van der Waals surface area contributed by atoms with Crippen molar-refractivity contribution < 1.29 is 14.1 Å². The summed E-state index contributed by atoms with van der Waals surface area (Å²) in [7, 11) is -0.736. The molecule has 0 aromatic carbocycles. The molecule has 1 amide bonds. The van der Waals surface area contributed by atoms with Gasteiger partial charge in [0.2, 0.25) is 5.91 Å². The van der Waals surface area contributed by atoms with Gasteiger partial charge in [0, 0.05) is 25.1 Å². The molecular formula is C15H22BN3O5. The zero-order chi connectivity index (χ0) is 18.1. The Morgan fingerprint density at radius 1 is 1.21 bits per heavy atom. The normalized spacial score (nSPS) is 19.4. The van der Waals surface area contributed by atoms with Crippen molar-refractivity contribution in [2.24, 2.45) is 0 Å². The van der Waals surface area contributed by atoms with Crippen LogP contribution < -0.4 is 16.4 Å². The van der Waals surface area contributed by atoms with E-state index < -0.39 is 29.4 Å². The lowest BCUT2D eigenvalue weighted by molar-refractivity contribution is -0.118. The highest BCUT2D eigenvalue weighted by Gasteiger charge is 2.52. The van der Waals surface area contributed by atoms with E-state index in [1.54, 1.807) is 0 Å². The molecule has 1 aliphatic heterocycles. The summed E-state index contributed by atoms with van der Waals surface area (Å²) in [4.78, 5) is 34.6. The van der Waals surface area contributed by atoms with Crippen LogP contribution in [0, 0.1) is 0 Å². The van der Waals surface area contributed by atoms with Gasteiger partial charge < -0.3 is 14.6 Å². The molecule has 24 heavy (non-hydrogen) atoms. The largest absolute Gasteiger partial charge is 0.492 e. The first-order valence-corrected chi connectivity index (χ1v) is 7.64. The van der Waals surface area contributed by atoms with Crippen molar-refractivity contribution in [1.29, 1.82) is 0 Å². The van der Waals surface area contributed by atoms with Crippen LogP contribution in [0.5, 0.6) is 0 Å². The first kappa shape index (κ1) is 18.2. The second-order valence-electron chi connectivity index (χ2n) is 6.76. The molecule has 2 heterocycles. The monoisotopic (exact) mass is 335 g/mol. The number of rotatable bonds is 4. The van der Waals surface area contributed by atoms with E-state index in [1.807, 2.05) is 27.7 Å². The van der Waals surface area contributed by atoms with Crippen LogP contribution in [-0.2, 0) is 14.1 Å². The molecular weight excluding hydrogens is 313 g/mol. The van der Waals surface area contributed by atoms with E-state index in [0.717, 1.165) is 0 Å². The molecule has 0 unspecified atom stereocenters. The third-order valence-corrected chi connectivity index (χ3v) is 4.29. The Morgan fingerprint density at radius 2 is 1.79 bits per heavy atom. The number of nitrogens with one attached hydrogen (secondary N) is 3. The van der Waals surface area contributed by atoms with Gasteiger partial charge in [0.05, 0.1) is 11.2 Å². The fraction of sp³-hybridized carbons (Fsp3) is 0.533. The van der Waals surface area contributed by atoms with Crippen LogP contribution >= 0.6 is 0 Å². The Bertz CT molecular complexity index is 762. The van der Waals surface area contributed by atoms with Gasteiger partial charge in [-0.05, 0) is 33.2 Å². The molecule has 1 aliphatic rings. The van der Waals surface area contributed by atoms with Gasteiger partial charge in [-0.15, -0.1) is 0 Å². The van der Waals surface area contributed by atoms with Crippen LogP contribution in [0.15, 0.2) is 21.1 Å². The van der Waals surface area contributed by atoms with Crippen molar-refractivity contribution in [1.82, 2.24) is 15.5 Å². The Morgan fingerprint density at radius 3 is 2.33 bits per heavy atom. The third kappa shape index (κ3) is 3.85. The molecule has 1 fully saturated rings. The van der Waals surface area contributed by atoms with E-state index in [1.165, 1.54) is 19.1 Å². The van der Waals surface area contributed by atoms with Gasteiger partial charge in [0.1, 0.15) is 0 Å². The van der Waals surface area contributed by atoms with E-state index >= 15 is 0 Å². The van der Waals surface area contributed by atoms with Crippen molar-refractivity contribution in [3.63, 3.8) is 0 Å². The van der Waals surface area contributed by atoms with Crippen molar-refractivity contribution in [3.8, 4) is 0 Å². The van der Waals surface area contributed by atoms with Gasteiger partial charge >= 0.3 is 7.12 Å². The molecule has 9 heteroatoms. The lowest BCUT2D eigenvalue weighted by Gasteiger charge is -2.32. The quantitative estimate of drug-likeness (QED) is 0.681. The summed E-state index contributed by atoms with van der Waals surface area (Å²) in [6.45, 7) is 9.15. The summed E-state index contributed by atoms with van der Waals surface area (Å²) < 4.78 is 11.9. The molecule has 0 spiro atoms. The highest BCUT2D eigenvalue weighted by molar-refractivity contribution is 6.56. The third-order valence-electron chi connectivity index (χ3n) is 4.29. The second kappa shape index (κ2) is 6.41. The van der Waals surface area contributed by atoms with Crippen LogP contribution in [0.25, 0.3) is 6.08 Å². The Labute approximate surface area is 139 Å². The number of carbonyl (C=O) groups is 1. The smallest absolute Gasteiger partial charge is 0.400 e. The van der Waals surface area contributed by atoms with Crippen LogP contribution in [0.2, 0.25) is 0 Å². The number of carbonyl (C=O) groups excluding carboxylic acids is 1. The van der Waals surface area contributed by atoms with Crippen LogP contribution in [0.1, 0.15) is 40.2 Å². The topological polar surface area (TPSA) is 113 Å². The van der Waals surface area contributed by atoms with E-state index in [4.69, 9.17) is 9.31 Å². The molecule has 130 valence electrons. The minimum atomic E-state index is -0.736. The maximum Gasteiger partial charge on any atom is 0.492 e. The van der Waals surface area contributed by atoms with E-state index in [9.17, 15) is 14.4 Å². The van der Waals surface area contributed by atoms with Crippen LogP contribution in [-0.4, -0.2) is 41.0 Å². The predicted molar refractivity (Wildman–Crippen MR) is 90.4 cm³/mol. The number of aromatic amines is 2. The zero-order valence-electron chi connectivity index (χ0n) is 14.5. The van der Waals surface area contributed by atoms with E-state index in [0.29, 0.717) is 5.47 Å². The molecule has 0 radical (unpaired) electrons. The minimum absolute atomic E-state index is 0.137. The summed E-state index contributed by atoms with van der Waals surface area (Å²) in [6.07, 6.45) is 1.51. The first-order chi connectivity index (χ1) is 11.0. The SMILES string of the molecule is CC(=O)NCC(=Cc1cc(=O)[nH][nH]c1=O)B1OC(C)(C)C(C)(C)O1. The highest BCUT2D eigenvalue weighted by Crippen LogP contribution is 2.38. The molecule has 8 nitrogen and oxygen atoms in total. The molecule has 0 bridgehead atoms. The zero-order valence-corrected chi connectivity index (χ0v) is 14.5. The Kier molecular flexibility index (Phi) is 4.86. The summed E-state index contributed by atoms with van der Waals surface area (Å²) in [5.74, 6) is -0.225. The van der Waals surface area contributed by atoms with Gasteiger partial charge in [-0.1, -0.05) is 6.08 Å². The minimum Gasteiger partial charge on any atom is -0.400 e. The first-order valence-electron chi connectivity index (χ1n) is 7.64. The van der Waals surface area contributed by atoms with E-state index in [-0.39, 0.29) is 18.0 Å². The Hall–Kier alpha value is -2.13. The number of hydrogen-bond donors (Lipinski definition) is 3. The van der Waals surface area contributed by atoms with Gasteiger partial charge in [0.25, 0.3) is 11.1 Å². The number of hydrogen-bond acceptors (Lipinski definition) is 5. The maximum atomic E-state index is 11.9. The summed E-state index contributed by atoms with van der Waals surface area (Å²) in [5.41, 5.74) is -1.31. The average Bonchev–Trinajstić information content (AvgIpc) is 2.66. The van der Waals surface area contributed by atoms with Crippen LogP contribution in [0.3, 0.4) is 0 Å². The molecule has 1 aromatic heterocycles. The molecule has 3 N–H and O–H groups in total. The van der Waals surface area contributed by atoms with Gasteiger partial charge in [-0.2, -0.15) is 0 Å². The lowest BCUT2D eigenvalue weighted by atomic mass is 9.77. The Balaban J connectivity index is 2.41. The summed E-state index contributed by atoms with van der Waals surface area (Å²) in [6, 6.07) is 1.18. The summed E-state index contributed by atoms with van der Waals surface area (Å²) >= 11 is 0. The number of aromatic nitrogens is 2. The fourth-order valence-electron chi connectivity index (χ4n) is 2.16. The number of H-pyrrole nitrogens is 2. The van der Waals surface area contributed by atoms with Crippen molar-refractivity contribution >= 4 is 19.1 Å². The molecule has 1 aromatic rings. The van der Waals surface area contributed by atoms with Crippen molar-refractivity contribution in [2.45, 2.75) is 45.8 Å². The summed E-state index contributed by atoms with van der Waals surface area (Å²) in [5, 5.41) is 7.13. The molecule has 0 aliphatic carbocycles. The van der Waals surface area contributed by atoms with Crippen LogP contribution in [0.4, 0.5) is 0 Å². The van der Waals surface area contributed by atoms with Crippen molar-refractivity contribution in [2.75, 3.05) is 6.54 Å². The maximum absolute atomic E-state index is 11.9. The second-order valence-corrected chi connectivity index (χ2v) is 6.76.